The van der Waals surface area contributed by atoms with Gasteiger partial charge in [-0.3, -0.25) is 14.5 Å². The number of hydrogen-bond donors (Lipinski definition) is 2. The second kappa shape index (κ2) is 10.8. The van der Waals surface area contributed by atoms with Crippen LogP contribution in [0, 0.1) is 0 Å². The van der Waals surface area contributed by atoms with Gasteiger partial charge in [-0.05, 0) is 30.2 Å². The number of methoxy groups -OCH3 is 1. The van der Waals surface area contributed by atoms with Crippen LogP contribution in [0.3, 0.4) is 0 Å². The van der Waals surface area contributed by atoms with Crippen molar-refractivity contribution in [2.75, 3.05) is 32.2 Å². The molecule has 0 aliphatic carbocycles. The molecule has 0 radical (unpaired) electrons. The molecule has 35 heavy (non-hydrogen) atoms. The van der Waals surface area contributed by atoms with Crippen molar-refractivity contribution in [1.29, 1.82) is 0 Å². The molecule has 1 atom stereocenters. The maximum Gasteiger partial charge on any atom is 0.416 e. The summed E-state index contributed by atoms with van der Waals surface area (Å²) in [4.78, 5) is 39.5. The highest BCUT2D eigenvalue weighted by Gasteiger charge is 2.52. The van der Waals surface area contributed by atoms with Gasteiger partial charge in [0.2, 0.25) is 5.91 Å². The Morgan fingerprint density at radius 1 is 1.11 bits per heavy atom. The van der Waals surface area contributed by atoms with E-state index in [0.717, 1.165) is 23.1 Å². The topological polar surface area (TPSA) is 97.0 Å². The van der Waals surface area contributed by atoms with Crippen LogP contribution in [-0.4, -0.2) is 49.6 Å². The van der Waals surface area contributed by atoms with Crippen molar-refractivity contribution in [2.24, 2.45) is 0 Å². The van der Waals surface area contributed by atoms with Gasteiger partial charge in [-0.25, -0.2) is 4.79 Å². The number of imide groups is 1. The van der Waals surface area contributed by atoms with Crippen molar-refractivity contribution >= 4 is 23.5 Å². The van der Waals surface area contributed by atoms with E-state index in [2.05, 4.69) is 10.6 Å². The lowest BCUT2D eigenvalue weighted by atomic mass is 9.85. The van der Waals surface area contributed by atoms with Crippen LogP contribution in [0.4, 0.5) is 23.7 Å². The minimum absolute atomic E-state index is 0.00906. The maximum atomic E-state index is 13.3. The van der Waals surface area contributed by atoms with Gasteiger partial charge in [0.05, 0.1) is 17.9 Å². The third kappa shape index (κ3) is 5.73. The number of halogens is 3. The number of nitrogens with zero attached hydrogens (tertiary/aromatic N) is 1. The molecule has 8 nitrogen and oxygen atoms in total. The van der Waals surface area contributed by atoms with Crippen molar-refractivity contribution in [3.8, 4) is 5.75 Å². The predicted molar refractivity (Wildman–Crippen MR) is 121 cm³/mol. The summed E-state index contributed by atoms with van der Waals surface area (Å²) in [6.07, 6.45) is -3.76. The molecule has 0 spiro atoms. The quantitative estimate of drug-likeness (QED) is 0.386. The molecule has 2 N–H and O–H groups in total. The number of benzene rings is 2. The number of alkyl halides is 3. The number of urea groups is 1. The molecule has 0 saturated carbocycles. The first-order valence-electron chi connectivity index (χ1n) is 10.9. The lowest BCUT2D eigenvalue weighted by Gasteiger charge is -2.26. The zero-order chi connectivity index (χ0) is 25.6. The number of ether oxygens (including phenoxy) is 2. The average molecular weight is 493 g/mol. The van der Waals surface area contributed by atoms with Crippen LogP contribution in [0.25, 0.3) is 0 Å². The molecule has 0 unspecified atom stereocenters. The molecule has 188 valence electrons. The molecule has 3 rings (SSSR count). The second-order valence-electron chi connectivity index (χ2n) is 7.94. The molecule has 11 heteroatoms. The molecule has 1 fully saturated rings. The monoisotopic (exact) mass is 493 g/mol. The van der Waals surface area contributed by atoms with Gasteiger partial charge in [-0.2, -0.15) is 13.2 Å². The van der Waals surface area contributed by atoms with Gasteiger partial charge in [-0.15, -0.1) is 0 Å². The standard InChI is InChI=1S/C24H26F3N3O5/c1-3-11-23(16-7-5-4-6-8-16)21(32)30(22(33)29-23)15-20(31)28-18-14-17(24(25,26)27)9-10-19(18)35-13-12-34-2/h4-10,14H,3,11-13,15H2,1-2H3,(H,28,31)(H,29,33)/t23-/m1/s1. The Kier molecular flexibility index (Phi) is 8.00. The predicted octanol–water partition coefficient (Wildman–Crippen LogP) is 3.92. The highest BCUT2D eigenvalue weighted by atomic mass is 19.4. The minimum atomic E-state index is -4.65. The fourth-order valence-corrected chi connectivity index (χ4v) is 3.87. The van der Waals surface area contributed by atoms with E-state index >= 15 is 0 Å². The average Bonchev–Trinajstić information content (AvgIpc) is 3.05. The Labute approximate surface area is 200 Å². The number of carbonyl (C=O) groups is 3. The Morgan fingerprint density at radius 2 is 1.83 bits per heavy atom. The van der Waals surface area contributed by atoms with Crippen LogP contribution in [-0.2, 0) is 26.0 Å². The Morgan fingerprint density at radius 3 is 2.46 bits per heavy atom. The number of hydrogen-bond acceptors (Lipinski definition) is 5. The van der Waals surface area contributed by atoms with Gasteiger partial charge in [-0.1, -0.05) is 43.7 Å². The van der Waals surface area contributed by atoms with Crippen molar-refractivity contribution in [2.45, 2.75) is 31.5 Å². The molecule has 1 saturated heterocycles. The second-order valence-corrected chi connectivity index (χ2v) is 7.94. The minimum Gasteiger partial charge on any atom is -0.489 e. The van der Waals surface area contributed by atoms with Crippen LogP contribution in [0.5, 0.6) is 5.75 Å². The van der Waals surface area contributed by atoms with Crippen LogP contribution >= 0.6 is 0 Å². The Balaban J connectivity index is 1.82. The van der Waals surface area contributed by atoms with E-state index in [1.54, 1.807) is 30.3 Å². The molecule has 4 amide bonds. The van der Waals surface area contributed by atoms with Crippen molar-refractivity contribution in [1.82, 2.24) is 10.2 Å². The van der Waals surface area contributed by atoms with Gasteiger partial charge < -0.3 is 20.1 Å². The third-order valence-electron chi connectivity index (χ3n) is 5.50. The molecule has 1 aliphatic rings. The number of carbonyl (C=O) groups excluding carboxylic acids is 3. The number of nitrogens with one attached hydrogen (secondary N) is 2. The van der Waals surface area contributed by atoms with Gasteiger partial charge in [0.1, 0.15) is 24.4 Å². The van der Waals surface area contributed by atoms with Crippen molar-refractivity contribution in [3.05, 3.63) is 59.7 Å². The number of anilines is 1. The fourth-order valence-electron chi connectivity index (χ4n) is 3.87. The molecule has 0 aromatic heterocycles. The van der Waals surface area contributed by atoms with E-state index in [0.29, 0.717) is 18.4 Å². The first-order chi connectivity index (χ1) is 16.6. The first-order valence-corrected chi connectivity index (χ1v) is 10.9. The lowest BCUT2D eigenvalue weighted by Crippen LogP contribution is -2.44. The summed E-state index contributed by atoms with van der Waals surface area (Å²) in [7, 11) is 1.44. The SMILES string of the molecule is CCC[C@]1(c2ccccc2)NC(=O)N(CC(=O)Nc2cc(C(F)(F)F)ccc2OCCOC)C1=O. The Bertz CT molecular complexity index is 1080. The molecule has 2 aromatic carbocycles. The van der Waals surface area contributed by atoms with E-state index < -0.39 is 41.7 Å². The van der Waals surface area contributed by atoms with Gasteiger partial charge >= 0.3 is 12.2 Å². The number of amides is 4. The van der Waals surface area contributed by atoms with Crippen LogP contribution in [0.2, 0.25) is 0 Å². The largest absolute Gasteiger partial charge is 0.489 e. The summed E-state index contributed by atoms with van der Waals surface area (Å²) in [5.41, 5.74) is -1.98. The van der Waals surface area contributed by atoms with Crippen LogP contribution in [0.15, 0.2) is 48.5 Å². The zero-order valence-electron chi connectivity index (χ0n) is 19.3. The number of rotatable bonds is 10. The summed E-state index contributed by atoms with van der Waals surface area (Å²) >= 11 is 0. The smallest absolute Gasteiger partial charge is 0.416 e. The molecule has 1 heterocycles. The summed E-state index contributed by atoms with van der Waals surface area (Å²) in [5.74, 6) is -1.47. The van der Waals surface area contributed by atoms with Gasteiger partial charge in [0.15, 0.2) is 0 Å². The van der Waals surface area contributed by atoms with Gasteiger partial charge in [0, 0.05) is 7.11 Å². The van der Waals surface area contributed by atoms with Crippen molar-refractivity contribution in [3.63, 3.8) is 0 Å². The van der Waals surface area contributed by atoms with Gasteiger partial charge in [0.25, 0.3) is 5.91 Å². The summed E-state index contributed by atoms with van der Waals surface area (Å²) in [6.45, 7) is 1.39. The van der Waals surface area contributed by atoms with E-state index in [1.165, 1.54) is 7.11 Å². The molecular formula is C24H26F3N3O5. The Hall–Kier alpha value is -3.60. The molecule has 1 aliphatic heterocycles. The van der Waals surface area contributed by atoms with E-state index in [1.807, 2.05) is 6.92 Å². The summed E-state index contributed by atoms with van der Waals surface area (Å²) in [5, 5.41) is 5.04. The molecular weight excluding hydrogens is 467 g/mol. The summed E-state index contributed by atoms with van der Waals surface area (Å²) in [6, 6.07) is 10.6. The first kappa shape index (κ1) is 26.0. The zero-order valence-corrected chi connectivity index (χ0v) is 19.3. The lowest BCUT2D eigenvalue weighted by molar-refractivity contribution is -0.137. The fraction of sp³-hybridized carbons (Fsp3) is 0.375. The summed E-state index contributed by atoms with van der Waals surface area (Å²) < 4.78 is 49.9. The molecule has 2 aromatic rings. The van der Waals surface area contributed by atoms with Crippen LogP contribution in [0.1, 0.15) is 30.9 Å². The van der Waals surface area contributed by atoms with E-state index in [-0.39, 0.29) is 24.7 Å². The highest BCUT2D eigenvalue weighted by Crippen LogP contribution is 2.36. The van der Waals surface area contributed by atoms with E-state index in [4.69, 9.17) is 9.47 Å². The van der Waals surface area contributed by atoms with E-state index in [9.17, 15) is 27.6 Å². The molecule has 0 bridgehead atoms. The van der Waals surface area contributed by atoms with Crippen molar-refractivity contribution < 1.29 is 37.0 Å². The third-order valence-corrected chi connectivity index (χ3v) is 5.50. The normalized spacial score (nSPS) is 17.9. The maximum absolute atomic E-state index is 13.3. The van der Waals surface area contributed by atoms with Crippen LogP contribution < -0.4 is 15.4 Å². The highest BCUT2D eigenvalue weighted by molar-refractivity contribution is 6.10.